The molecule has 1 aromatic rings. The zero-order valence-electron chi connectivity index (χ0n) is 5.77. The van der Waals surface area contributed by atoms with Crippen molar-refractivity contribution < 1.29 is 8.78 Å². The number of hydrogen-bond acceptors (Lipinski definition) is 2. The number of rotatable bonds is 1. The fraction of sp³-hybridized carbons (Fsp3) is 0.167. The summed E-state index contributed by atoms with van der Waals surface area (Å²) >= 11 is 5.35. The van der Waals surface area contributed by atoms with Gasteiger partial charge in [0.05, 0.1) is 10.6 Å². The van der Waals surface area contributed by atoms with Crippen molar-refractivity contribution in [3.8, 4) is 0 Å². The lowest BCUT2D eigenvalue weighted by molar-refractivity contribution is 0.152. The second-order valence-corrected chi connectivity index (χ2v) is 2.52. The number of hydrogen-bond donors (Lipinski definition) is 2. The van der Waals surface area contributed by atoms with Crippen LogP contribution in [0, 0.1) is 0 Å². The molecule has 0 aliphatic carbocycles. The van der Waals surface area contributed by atoms with Gasteiger partial charge in [-0.1, -0.05) is 11.6 Å². The molecule has 0 aromatic carbocycles. The third-order valence-corrected chi connectivity index (χ3v) is 1.59. The largest absolute Gasteiger partial charge is 0.385 e. The van der Waals surface area contributed by atoms with Crippen molar-refractivity contribution in [2.24, 2.45) is 0 Å². The first kappa shape index (κ1) is 8.99. The number of aromatic amines is 1. The van der Waals surface area contributed by atoms with Crippen LogP contribution >= 0.6 is 11.6 Å². The summed E-state index contributed by atoms with van der Waals surface area (Å²) in [5.41, 5.74) is 3.98. The van der Waals surface area contributed by atoms with Gasteiger partial charge in [-0.3, -0.25) is 4.79 Å². The second-order valence-electron chi connectivity index (χ2n) is 2.11. The second kappa shape index (κ2) is 3.10. The summed E-state index contributed by atoms with van der Waals surface area (Å²) in [5, 5.41) is -0.314. The molecule has 66 valence electrons. The molecule has 0 aliphatic heterocycles. The summed E-state index contributed by atoms with van der Waals surface area (Å²) < 4.78 is 24.3. The molecule has 0 amide bonds. The van der Waals surface area contributed by atoms with Crippen molar-refractivity contribution in [1.29, 1.82) is 0 Å². The van der Waals surface area contributed by atoms with Gasteiger partial charge in [0.1, 0.15) is 5.82 Å². The number of H-pyrrole nitrogens is 1. The maximum absolute atomic E-state index is 12.1. The molecular weight excluding hydrogens is 190 g/mol. The maximum atomic E-state index is 12.1. The van der Waals surface area contributed by atoms with E-state index in [1.807, 2.05) is 4.98 Å². The van der Waals surface area contributed by atoms with Crippen LogP contribution in [-0.4, -0.2) is 4.98 Å². The average molecular weight is 195 g/mol. The zero-order valence-corrected chi connectivity index (χ0v) is 6.53. The molecule has 0 radical (unpaired) electrons. The molecule has 1 aromatic heterocycles. The van der Waals surface area contributed by atoms with E-state index in [0.717, 1.165) is 6.07 Å². The predicted octanol–water partition coefficient (Wildman–Crippen LogP) is 1.55. The maximum Gasteiger partial charge on any atom is 0.268 e. The molecule has 0 unspecified atom stereocenters. The van der Waals surface area contributed by atoms with E-state index in [9.17, 15) is 13.6 Å². The third-order valence-electron chi connectivity index (χ3n) is 1.28. The van der Waals surface area contributed by atoms with Gasteiger partial charge in [0.25, 0.3) is 12.0 Å². The van der Waals surface area contributed by atoms with E-state index in [1.165, 1.54) is 0 Å². The van der Waals surface area contributed by atoms with Crippen molar-refractivity contribution in [3.63, 3.8) is 0 Å². The van der Waals surface area contributed by atoms with E-state index >= 15 is 0 Å². The van der Waals surface area contributed by atoms with E-state index in [0.29, 0.717) is 0 Å². The Balaban J connectivity index is 3.38. The van der Waals surface area contributed by atoms with Crippen LogP contribution < -0.4 is 11.3 Å². The van der Waals surface area contributed by atoms with Crippen molar-refractivity contribution in [2.45, 2.75) is 6.43 Å². The Morgan fingerprint density at radius 2 is 2.17 bits per heavy atom. The van der Waals surface area contributed by atoms with Crippen LogP contribution in [-0.2, 0) is 0 Å². The first-order valence-electron chi connectivity index (χ1n) is 2.98. The van der Waals surface area contributed by atoms with Crippen LogP contribution in [0.2, 0.25) is 5.02 Å². The molecule has 0 bridgehead atoms. The Morgan fingerprint density at radius 3 is 2.58 bits per heavy atom. The van der Waals surface area contributed by atoms with Crippen molar-refractivity contribution >= 4 is 17.4 Å². The molecule has 1 rings (SSSR count). The Morgan fingerprint density at radius 1 is 1.58 bits per heavy atom. The number of alkyl halides is 2. The van der Waals surface area contributed by atoms with Gasteiger partial charge >= 0.3 is 0 Å². The lowest BCUT2D eigenvalue weighted by Gasteiger charge is -2.04. The number of nitrogens with two attached hydrogens (primary N) is 1. The number of anilines is 1. The smallest absolute Gasteiger partial charge is 0.268 e. The molecule has 0 aliphatic rings. The monoisotopic (exact) mass is 194 g/mol. The van der Waals surface area contributed by atoms with Crippen molar-refractivity contribution in [3.05, 3.63) is 27.0 Å². The van der Waals surface area contributed by atoms with Gasteiger partial charge in [0.2, 0.25) is 0 Å². The molecule has 3 nitrogen and oxygen atoms in total. The highest BCUT2D eigenvalue weighted by Gasteiger charge is 2.16. The molecule has 0 fully saturated rings. The van der Waals surface area contributed by atoms with E-state index in [4.69, 9.17) is 17.3 Å². The summed E-state index contributed by atoms with van der Waals surface area (Å²) in [4.78, 5) is 12.6. The summed E-state index contributed by atoms with van der Waals surface area (Å²) in [6.07, 6.45) is -2.78. The third kappa shape index (κ3) is 1.55. The van der Waals surface area contributed by atoms with E-state index in [-0.39, 0.29) is 10.8 Å². The van der Waals surface area contributed by atoms with Gasteiger partial charge in [-0.15, -0.1) is 0 Å². The number of aromatic nitrogens is 1. The molecule has 0 saturated carbocycles. The first-order valence-corrected chi connectivity index (χ1v) is 3.36. The van der Waals surface area contributed by atoms with Crippen LogP contribution in [0.3, 0.4) is 0 Å². The number of pyridine rings is 1. The molecule has 0 saturated heterocycles. The Hall–Kier alpha value is -1.10. The topological polar surface area (TPSA) is 58.9 Å². The molecule has 6 heteroatoms. The summed E-state index contributed by atoms with van der Waals surface area (Å²) in [7, 11) is 0. The van der Waals surface area contributed by atoms with Crippen molar-refractivity contribution in [2.75, 3.05) is 5.73 Å². The lowest BCUT2D eigenvalue weighted by Crippen LogP contribution is -2.10. The van der Waals surface area contributed by atoms with Gasteiger partial charge in [0.15, 0.2) is 0 Å². The molecule has 3 N–H and O–H groups in total. The van der Waals surface area contributed by atoms with Crippen LogP contribution in [0.25, 0.3) is 0 Å². The average Bonchev–Trinajstić information content (AvgIpc) is 1.82. The zero-order chi connectivity index (χ0) is 9.30. The van der Waals surface area contributed by atoms with Gasteiger partial charge < -0.3 is 10.7 Å². The fourth-order valence-electron chi connectivity index (χ4n) is 0.779. The molecule has 1 heterocycles. The Kier molecular flexibility index (Phi) is 2.32. The Labute approximate surface area is 71.2 Å². The quantitative estimate of drug-likeness (QED) is 0.713. The summed E-state index contributed by atoms with van der Waals surface area (Å²) in [6.45, 7) is 0. The fourth-order valence-corrected chi connectivity index (χ4v) is 1.06. The SMILES string of the molecule is Nc1[nH]c(=O)cc(Cl)c1C(F)F. The van der Waals surface area contributed by atoms with Gasteiger partial charge in [-0.2, -0.15) is 0 Å². The standard InChI is InChI=1S/C6H5ClF2N2O/c7-2-1-3(12)11-6(10)4(2)5(8)9/h1,5H,(H3,10,11,12). The number of halogens is 3. The molecule has 0 spiro atoms. The molecular formula is C6H5ClF2N2O. The van der Waals surface area contributed by atoms with E-state index in [1.54, 1.807) is 0 Å². The lowest BCUT2D eigenvalue weighted by atomic mass is 10.2. The van der Waals surface area contributed by atoms with Crippen LogP contribution in [0.15, 0.2) is 10.9 Å². The highest BCUT2D eigenvalue weighted by atomic mass is 35.5. The minimum absolute atomic E-state index is 0.314. The van der Waals surface area contributed by atoms with E-state index < -0.39 is 17.5 Å². The highest BCUT2D eigenvalue weighted by molar-refractivity contribution is 6.31. The molecule has 0 atom stereocenters. The van der Waals surface area contributed by atoms with Crippen LogP contribution in [0.1, 0.15) is 12.0 Å². The van der Waals surface area contributed by atoms with E-state index in [2.05, 4.69) is 0 Å². The van der Waals surface area contributed by atoms with Gasteiger partial charge in [-0.05, 0) is 0 Å². The van der Waals surface area contributed by atoms with Gasteiger partial charge in [-0.25, -0.2) is 8.78 Å². The predicted molar refractivity (Wildman–Crippen MR) is 41.4 cm³/mol. The van der Waals surface area contributed by atoms with Crippen molar-refractivity contribution in [1.82, 2.24) is 4.98 Å². The molecule has 12 heavy (non-hydrogen) atoms. The van der Waals surface area contributed by atoms with Crippen LogP contribution in [0.5, 0.6) is 0 Å². The van der Waals surface area contributed by atoms with Crippen LogP contribution in [0.4, 0.5) is 14.6 Å². The minimum Gasteiger partial charge on any atom is -0.385 e. The first-order chi connectivity index (χ1) is 5.52. The highest BCUT2D eigenvalue weighted by Crippen LogP contribution is 2.28. The van der Waals surface area contributed by atoms with Gasteiger partial charge in [0, 0.05) is 6.07 Å². The minimum atomic E-state index is -2.78. The normalized spacial score (nSPS) is 10.7. The Bertz CT molecular complexity index is 324. The summed E-state index contributed by atoms with van der Waals surface area (Å²) in [5.74, 6) is -0.387. The number of nitrogens with one attached hydrogen (secondary N) is 1. The summed E-state index contributed by atoms with van der Waals surface area (Å²) in [6, 6.07) is 0.861. The number of nitrogen functional groups attached to an aromatic ring is 1.